The summed E-state index contributed by atoms with van der Waals surface area (Å²) < 4.78 is 11.3. The summed E-state index contributed by atoms with van der Waals surface area (Å²) >= 11 is 0. The highest BCUT2D eigenvalue weighted by Gasteiger charge is 2.37. The Morgan fingerprint density at radius 1 is 1.06 bits per heavy atom. The van der Waals surface area contributed by atoms with Gasteiger partial charge in [0.05, 0.1) is 19.3 Å². The van der Waals surface area contributed by atoms with Gasteiger partial charge in [0.1, 0.15) is 11.5 Å². The van der Waals surface area contributed by atoms with E-state index in [1.54, 1.807) is 7.11 Å². The first-order valence-corrected chi connectivity index (χ1v) is 12.1. The zero-order chi connectivity index (χ0) is 24.2. The SMILES string of the molecule is COc1cc(C(C)(O)CC2CCC(C)N2Cc2ccc(OCCCO)c(C)c2C)ccc1C. The molecular formula is C28H41NO4. The van der Waals surface area contributed by atoms with Crippen molar-refractivity contribution >= 4 is 0 Å². The Morgan fingerprint density at radius 2 is 1.82 bits per heavy atom. The largest absolute Gasteiger partial charge is 0.496 e. The summed E-state index contributed by atoms with van der Waals surface area (Å²) in [4.78, 5) is 2.55. The van der Waals surface area contributed by atoms with Crippen LogP contribution in [0, 0.1) is 20.8 Å². The van der Waals surface area contributed by atoms with Crippen LogP contribution in [-0.2, 0) is 12.1 Å². The number of ether oxygens (including phenoxy) is 2. The number of benzene rings is 2. The summed E-state index contributed by atoms with van der Waals surface area (Å²) in [6.07, 6.45) is 3.54. The molecule has 1 aliphatic rings. The van der Waals surface area contributed by atoms with Gasteiger partial charge in [-0.15, -0.1) is 0 Å². The van der Waals surface area contributed by atoms with Crippen molar-refractivity contribution in [1.29, 1.82) is 0 Å². The standard InChI is InChI=1S/C28H41NO4/c1-19-8-11-24(16-27(19)32-6)28(5,31)17-25-12-9-20(2)29(25)18-23-10-13-26(22(4)21(23)3)33-15-7-14-30/h8,10-11,13,16,20,25,30-31H,7,9,12,14-15,17-18H2,1-6H3. The van der Waals surface area contributed by atoms with Crippen LogP contribution in [0.2, 0.25) is 0 Å². The minimum atomic E-state index is -0.927. The van der Waals surface area contributed by atoms with E-state index in [1.807, 2.05) is 32.0 Å². The van der Waals surface area contributed by atoms with Crippen molar-refractivity contribution in [2.45, 2.75) is 84.5 Å². The highest BCUT2D eigenvalue weighted by Crippen LogP contribution is 2.37. The van der Waals surface area contributed by atoms with Crippen LogP contribution in [0.25, 0.3) is 0 Å². The predicted molar refractivity (Wildman–Crippen MR) is 133 cm³/mol. The van der Waals surface area contributed by atoms with E-state index in [4.69, 9.17) is 14.6 Å². The van der Waals surface area contributed by atoms with Crippen molar-refractivity contribution in [2.24, 2.45) is 0 Å². The topological polar surface area (TPSA) is 62.2 Å². The van der Waals surface area contributed by atoms with E-state index in [9.17, 15) is 5.11 Å². The average Bonchev–Trinajstić information content (AvgIpc) is 3.11. The fourth-order valence-corrected chi connectivity index (χ4v) is 4.98. The number of nitrogens with zero attached hydrogens (tertiary/aromatic N) is 1. The van der Waals surface area contributed by atoms with Crippen molar-refractivity contribution in [3.8, 4) is 11.5 Å². The van der Waals surface area contributed by atoms with Crippen LogP contribution < -0.4 is 9.47 Å². The second-order valence-electron chi connectivity index (χ2n) is 9.81. The van der Waals surface area contributed by atoms with Crippen molar-refractivity contribution in [3.05, 3.63) is 58.1 Å². The highest BCUT2D eigenvalue weighted by molar-refractivity contribution is 5.44. The van der Waals surface area contributed by atoms with Crippen molar-refractivity contribution < 1.29 is 19.7 Å². The minimum Gasteiger partial charge on any atom is -0.496 e. The third-order valence-electron chi connectivity index (χ3n) is 7.38. The van der Waals surface area contributed by atoms with Gasteiger partial charge in [0.2, 0.25) is 0 Å². The molecule has 3 unspecified atom stereocenters. The Morgan fingerprint density at radius 3 is 2.52 bits per heavy atom. The monoisotopic (exact) mass is 455 g/mol. The van der Waals surface area contributed by atoms with E-state index < -0.39 is 5.60 Å². The van der Waals surface area contributed by atoms with Crippen LogP contribution in [0.15, 0.2) is 30.3 Å². The van der Waals surface area contributed by atoms with Gasteiger partial charge >= 0.3 is 0 Å². The van der Waals surface area contributed by atoms with Crippen LogP contribution in [0.4, 0.5) is 0 Å². The summed E-state index contributed by atoms with van der Waals surface area (Å²) in [6, 6.07) is 11.0. The summed E-state index contributed by atoms with van der Waals surface area (Å²) in [5.41, 5.74) is 4.77. The van der Waals surface area contributed by atoms with Gasteiger partial charge in [-0.3, -0.25) is 4.90 Å². The number of likely N-dealkylation sites (tertiary alicyclic amines) is 1. The lowest BCUT2D eigenvalue weighted by molar-refractivity contribution is 0.0160. The van der Waals surface area contributed by atoms with Crippen LogP contribution >= 0.6 is 0 Å². The number of methoxy groups -OCH3 is 1. The van der Waals surface area contributed by atoms with Gasteiger partial charge < -0.3 is 19.7 Å². The third-order valence-corrected chi connectivity index (χ3v) is 7.38. The second kappa shape index (κ2) is 10.9. The van der Waals surface area contributed by atoms with Crippen LogP contribution in [0.5, 0.6) is 11.5 Å². The number of aryl methyl sites for hydroxylation is 1. The van der Waals surface area contributed by atoms with Gasteiger partial charge in [0.25, 0.3) is 0 Å². The molecule has 0 saturated carbocycles. The maximum atomic E-state index is 11.4. The number of hydrogen-bond donors (Lipinski definition) is 2. The molecule has 0 amide bonds. The molecule has 2 N–H and O–H groups in total. The summed E-state index contributed by atoms with van der Waals surface area (Å²) in [6.45, 7) is 12.0. The van der Waals surface area contributed by atoms with Gasteiger partial charge in [-0.1, -0.05) is 18.2 Å². The third kappa shape index (κ3) is 5.89. The number of aliphatic hydroxyl groups is 2. The molecule has 0 aromatic heterocycles. The first-order chi connectivity index (χ1) is 15.7. The van der Waals surface area contributed by atoms with E-state index in [1.165, 1.54) is 11.1 Å². The van der Waals surface area contributed by atoms with Crippen LogP contribution in [0.1, 0.15) is 67.3 Å². The molecule has 0 aliphatic carbocycles. The van der Waals surface area contributed by atoms with Gasteiger partial charge in [-0.25, -0.2) is 0 Å². The van der Waals surface area contributed by atoms with Crippen molar-refractivity contribution in [1.82, 2.24) is 4.90 Å². The normalized spacial score (nSPS) is 20.6. The molecule has 2 aromatic rings. The highest BCUT2D eigenvalue weighted by atomic mass is 16.5. The molecule has 5 heteroatoms. The summed E-state index contributed by atoms with van der Waals surface area (Å²) in [5.74, 6) is 1.71. The minimum absolute atomic E-state index is 0.142. The van der Waals surface area contributed by atoms with Gasteiger partial charge in [-0.2, -0.15) is 0 Å². The lowest BCUT2D eigenvalue weighted by Gasteiger charge is -2.34. The molecule has 0 radical (unpaired) electrons. The number of rotatable bonds is 10. The second-order valence-corrected chi connectivity index (χ2v) is 9.81. The Kier molecular flexibility index (Phi) is 8.43. The Balaban J connectivity index is 1.76. The van der Waals surface area contributed by atoms with E-state index in [2.05, 4.69) is 37.8 Å². The number of aliphatic hydroxyl groups excluding tert-OH is 1. The molecule has 2 aromatic carbocycles. The zero-order valence-electron chi connectivity index (χ0n) is 21.1. The van der Waals surface area contributed by atoms with E-state index in [-0.39, 0.29) is 6.61 Å². The molecule has 1 heterocycles. The predicted octanol–water partition coefficient (Wildman–Crippen LogP) is 5.03. The molecule has 0 spiro atoms. The smallest absolute Gasteiger partial charge is 0.122 e. The summed E-state index contributed by atoms with van der Waals surface area (Å²) in [5, 5.41) is 20.5. The van der Waals surface area contributed by atoms with Gasteiger partial charge in [0, 0.05) is 31.7 Å². The molecule has 182 valence electrons. The Labute approximate surface area is 199 Å². The van der Waals surface area contributed by atoms with Crippen LogP contribution in [-0.4, -0.2) is 47.5 Å². The van der Waals surface area contributed by atoms with Crippen molar-refractivity contribution in [2.75, 3.05) is 20.3 Å². The molecule has 1 aliphatic heterocycles. The quantitative estimate of drug-likeness (QED) is 0.492. The lowest BCUT2D eigenvalue weighted by atomic mass is 9.87. The van der Waals surface area contributed by atoms with Crippen molar-refractivity contribution in [3.63, 3.8) is 0 Å². The fourth-order valence-electron chi connectivity index (χ4n) is 4.98. The van der Waals surface area contributed by atoms with Gasteiger partial charge in [0.15, 0.2) is 0 Å². The first kappa shape index (κ1) is 25.5. The zero-order valence-corrected chi connectivity index (χ0v) is 21.1. The van der Waals surface area contributed by atoms with E-state index in [0.717, 1.165) is 47.6 Å². The maximum absolute atomic E-state index is 11.4. The van der Waals surface area contributed by atoms with E-state index >= 15 is 0 Å². The number of hydrogen-bond acceptors (Lipinski definition) is 5. The molecule has 3 atom stereocenters. The average molecular weight is 456 g/mol. The molecule has 3 rings (SSSR count). The molecule has 1 saturated heterocycles. The fraction of sp³-hybridized carbons (Fsp3) is 0.571. The summed E-state index contributed by atoms with van der Waals surface area (Å²) in [7, 11) is 1.68. The van der Waals surface area contributed by atoms with Gasteiger partial charge in [-0.05, 0) is 93.8 Å². The Bertz CT molecular complexity index is 940. The molecule has 33 heavy (non-hydrogen) atoms. The Hall–Kier alpha value is -2.08. The molecule has 5 nitrogen and oxygen atoms in total. The lowest BCUT2D eigenvalue weighted by Crippen LogP contribution is -2.39. The maximum Gasteiger partial charge on any atom is 0.122 e. The molecule has 0 bridgehead atoms. The molecule has 1 fully saturated rings. The first-order valence-electron chi connectivity index (χ1n) is 12.1. The van der Waals surface area contributed by atoms with E-state index in [0.29, 0.717) is 31.5 Å². The molecular weight excluding hydrogens is 414 g/mol. The van der Waals surface area contributed by atoms with Crippen LogP contribution in [0.3, 0.4) is 0 Å².